The van der Waals surface area contributed by atoms with E-state index >= 15 is 0 Å². The number of aromatic carboxylic acids is 1. The summed E-state index contributed by atoms with van der Waals surface area (Å²) in [5.74, 6) is -0.870. The normalized spacial score (nSPS) is 8.45. The van der Waals surface area contributed by atoms with Crippen molar-refractivity contribution >= 4 is 28.6 Å². The molecule has 1 aromatic rings. The zero-order chi connectivity index (χ0) is 7.56. The van der Waals surface area contributed by atoms with Crippen LogP contribution in [0.3, 0.4) is 0 Å². The summed E-state index contributed by atoms with van der Waals surface area (Å²) >= 11 is 1.99. The van der Waals surface area contributed by atoms with E-state index in [-0.39, 0.29) is 17.1 Å². The van der Waals surface area contributed by atoms with Gasteiger partial charge < -0.3 is 5.11 Å². The van der Waals surface area contributed by atoms with Crippen LogP contribution in [0, 0.1) is 3.57 Å². The van der Waals surface area contributed by atoms with Crippen molar-refractivity contribution in [1.29, 1.82) is 0 Å². The minimum atomic E-state index is -0.870. The first-order valence-electron chi connectivity index (χ1n) is 2.69. The summed E-state index contributed by atoms with van der Waals surface area (Å²) in [6, 6.07) is 6.88. The van der Waals surface area contributed by atoms with Gasteiger partial charge in [-0.15, -0.1) is 0 Å². The van der Waals surface area contributed by atoms with Crippen molar-refractivity contribution in [3.63, 3.8) is 0 Å². The predicted octanol–water partition coefficient (Wildman–Crippen LogP) is 1.99. The van der Waals surface area contributed by atoms with E-state index in [4.69, 9.17) is 5.11 Å². The standard InChI is InChI=1S/C7H5IO2.Cu/c8-6-4-2-1-3-5(6)7(9)10;/h1-4H,(H,9,10);. The average Bonchev–Trinajstić information content (AvgIpc) is 1.88. The molecule has 1 aromatic carbocycles. The summed E-state index contributed by atoms with van der Waals surface area (Å²) in [4.78, 5) is 10.4. The number of rotatable bonds is 1. The van der Waals surface area contributed by atoms with E-state index in [1.807, 2.05) is 28.7 Å². The van der Waals surface area contributed by atoms with E-state index in [0.29, 0.717) is 5.56 Å². The first kappa shape index (κ1) is 10.9. The summed E-state index contributed by atoms with van der Waals surface area (Å²) in [6.07, 6.45) is 0. The zero-order valence-corrected chi connectivity index (χ0v) is 8.44. The van der Waals surface area contributed by atoms with Crippen LogP contribution in [0.5, 0.6) is 0 Å². The van der Waals surface area contributed by atoms with Gasteiger partial charge in [-0.2, -0.15) is 0 Å². The molecule has 0 bridgehead atoms. The van der Waals surface area contributed by atoms with Crippen LogP contribution >= 0.6 is 22.6 Å². The maximum atomic E-state index is 10.4. The molecule has 0 aromatic heterocycles. The van der Waals surface area contributed by atoms with E-state index in [9.17, 15) is 4.79 Å². The molecule has 1 rings (SSSR count). The van der Waals surface area contributed by atoms with E-state index in [1.165, 1.54) is 0 Å². The monoisotopic (exact) mass is 311 g/mol. The second-order valence-electron chi connectivity index (χ2n) is 1.78. The number of hydrogen-bond acceptors (Lipinski definition) is 1. The number of carbonyl (C=O) groups is 1. The molecule has 0 heterocycles. The molecule has 1 radical (unpaired) electrons. The quantitative estimate of drug-likeness (QED) is 0.636. The van der Waals surface area contributed by atoms with Gasteiger partial charge in [-0.1, -0.05) is 12.1 Å². The Labute approximate surface area is 88.6 Å². The minimum Gasteiger partial charge on any atom is -0.478 e. The maximum absolute atomic E-state index is 10.4. The number of hydrogen-bond donors (Lipinski definition) is 1. The minimum absolute atomic E-state index is 0. The Kier molecular flexibility index (Phi) is 4.72. The Morgan fingerprint density at radius 3 is 2.27 bits per heavy atom. The van der Waals surface area contributed by atoms with Gasteiger partial charge in [0.25, 0.3) is 0 Å². The molecule has 1 N–H and O–H groups in total. The topological polar surface area (TPSA) is 37.3 Å². The summed E-state index contributed by atoms with van der Waals surface area (Å²) in [7, 11) is 0. The Morgan fingerprint density at radius 2 is 1.91 bits per heavy atom. The van der Waals surface area contributed by atoms with Crippen LogP contribution < -0.4 is 0 Å². The van der Waals surface area contributed by atoms with Gasteiger partial charge in [0.2, 0.25) is 0 Å². The van der Waals surface area contributed by atoms with Crippen LogP contribution in [0.25, 0.3) is 0 Å². The van der Waals surface area contributed by atoms with Crippen molar-refractivity contribution in [3.05, 3.63) is 33.4 Å². The van der Waals surface area contributed by atoms with Crippen LogP contribution in [0.15, 0.2) is 24.3 Å². The van der Waals surface area contributed by atoms with Crippen molar-refractivity contribution in [2.75, 3.05) is 0 Å². The van der Waals surface area contributed by atoms with Crippen LogP contribution in [-0.4, -0.2) is 11.1 Å². The smallest absolute Gasteiger partial charge is 0.336 e. The number of benzene rings is 1. The van der Waals surface area contributed by atoms with E-state index in [2.05, 4.69) is 0 Å². The molecular weight excluding hydrogens is 307 g/mol. The molecule has 2 nitrogen and oxygen atoms in total. The molecule has 0 saturated heterocycles. The van der Waals surface area contributed by atoms with Gasteiger partial charge in [-0.3, -0.25) is 0 Å². The molecule has 0 spiro atoms. The van der Waals surface area contributed by atoms with Crippen LogP contribution in [0.2, 0.25) is 0 Å². The van der Waals surface area contributed by atoms with Crippen LogP contribution in [0.4, 0.5) is 0 Å². The van der Waals surface area contributed by atoms with Gasteiger partial charge in [-0.25, -0.2) is 4.79 Å². The SMILES string of the molecule is O=C(O)c1ccccc1I.[Cu]. The molecular formula is C7H5CuIO2. The molecule has 11 heavy (non-hydrogen) atoms. The first-order valence-corrected chi connectivity index (χ1v) is 3.77. The van der Waals surface area contributed by atoms with Gasteiger partial charge in [0.15, 0.2) is 0 Å². The van der Waals surface area contributed by atoms with Gasteiger partial charge in [0.05, 0.1) is 5.56 Å². The van der Waals surface area contributed by atoms with Gasteiger partial charge >= 0.3 is 5.97 Å². The Bertz CT molecular complexity index is 262. The van der Waals surface area contributed by atoms with Crippen molar-refractivity contribution < 1.29 is 27.0 Å². The largest absolute Gasteiger partial charge is 0.478 e. The van der Waals surface area contributed by atoms with E-state index in [0.717, 1.165) is 3.57 Å². The average molecular weight is 312 g/mol. The Hall–Kier alpha value is -0.0605. The molecule has 0 fully saturated rings. The third-order valence-electron chi connectivity index (χ3n) is 1.10. The van der Waals surface area contributed by atoms with Crippen molar-refractivity contribution in [1.82, 2.24) is 0 Å². The fourth-order valence-electron chi connectivity index (χ4n) is 0.635. The molecule has 63 valence electrons. The zero-order valence-electron chi connectivity index (χ0n) is 5.34. The molecule has 4 heteroatoms. The molecule has 0 aliphatic rings. The van der Waals surface area contributed by atoms with Crippen LogP contribution in [0.1, 0.15) is 10.4 Å². The summed E-state index contributed by atoms with van der Waals surface area (Å²) < 4.78 is 0.771. The predicted molar refractivity (Wildman–Crippen MR) is 46.1 cm³/mol. The van der Waals surface area contributed by atoms with Gasteiger partial charge in [-0.05, 0) is 34.7 Å². The Morgan fingerprint density at radius 1 is 1.36 bits per heavy atom. The van der Waals surface area contributed by atoms with E-state index < -0.39 is 5.97 Å². The third kappa shape index (κ3) is 2.81. The van der Waals surface area contributed by atoms with Crippen molar-refractivity contribution in [2.24, 2.45) is 0 Å². The fourth-order valence-corrected chi connectivity index (χ4v) is 1.25. The van der Waals surface area contributed by atoms with E-state index in [1.54, 1.807) is 18.2 Å². The molecule has 0 aliphatic carbocycles. The molecule has 0 aliphatic heterocycles. The van der Waals surface area contributed by atoms with Crippen LogP contribution in [-0.2, 0) is 17.1 Å². The second-order valence-corrected chi connectivity index (χ2v) is 2.95. The first-order chi connectivity index (χ1) is 4.72. The fraction of sp³-hybridized carbons (Fsp3) is 0. The molecule has 0 unspecified atom stereocenters. The molecule has 0 amide bonds. The van der Waals surface area contributed by atoms with Crippen molar-refractivity contribution in [3.8, 4) is 0 Å². The summed E-state index contributed by atoms with van der Waals surface area (Å²) in [6.45, 7) is 0. The second kappa shape index (κ2) is 4.74. The number of carboxylic acids is 1. The maximum Gasteiger partial charge on any atom is 0.336 e. The number of carboxylic acid groups (broad SMARTS) is 1. The van der Waals surface area contributed by atoms with Gasteiger partial charge in [0, 0.05) is 20.6 Å². The summed E-state index contributed by atoms with van der Waals surface area (Å²) in [5.41, 5.74) is 0.364. The molecule has 0 saturated carbocycles. The summed E-state index contributed by atoms with van der Waals surface area (Å²) in [5, 5.41) is 8.56. The number of halogens is 1. The third-order valence-corrected chi connectivity index (χ3v) is 2.04. The Balaban J connectivity index is 0.000001000. The van der Waals surface area contributed by atoms with Crippen molar-refractivity contribution in [2.45, 2.75) is 0 Å². The molecule has 0 atom stereocenters. The van der Waals surface area contributed by atoms with Gasteiger partial charge in [0.1, 0.15) is 0 Å².